The van der Waals surface area contributed by atoms with Crippen molar-refractivity contribution in [1.82, 2.24) is 10.6 Å². The quantitative estimate of drug-likeness (QED) is 0.0854. The van der Waals surface area contributed by atoms with Crippen molar-refractivity contribution >= 4 is 66.9 Å². The normalized spacial score (nSPS) is 10.2. The fraction of sp³-hybridized carbons (Fsp3) is 0.222. The predicted octanol–water partition coefficient (Wildman–Crippen LogP) is 9.08. The maximum atomic E-state index is 12.0. The number of hydrogen-bond donors (Lipinski definition) is 4. The first-order valence-corrected chi connectivity index (χ1v) is 16.5. The number of Topliss-reactive ketones (excluding diaryl/α,β-unsaturated/α-hetero) is 2. The monoisotopic (exact) mass is 748 g/mol. The van der Waals surface area contributed by atoms with Gasteiger partial charge in [-0.25, -0.2) is 9.59 Å². The molecule has 0 fully saturated rings. The van der Waals surface area contributed by atoms with Crippen LogP contribution in [0.4, 0.5) is 21.0 Å². The lowest BCUT2D eigenvalue weighted by molar-refractivity contribution is 0.0972. The minimum atomic E-state index is -0.268. The molecule has 240 valence electrons. The Morgan fingerprint density at radius 3 is 1.26 bits per heavy atom. The molecule has 0 unspecified atom stereocenters. The summed E-state index contributed by atoms with van der Waals surface area (Å²) in [5.41, 5.74) is 5.04. The van der Waals surface area contributed by atoms with Crippen LogP contribution in [0.3, 0.4) is 0 Å². The number of rotatable bonds is 12. The molecule has 0 heterocycles. The van der Waals surface area contributed by atoms with Gasteiger partial charge in [-0.05, 0) is 87.4 Å². The van der Waals surface area contributed by atoms with Crippen LogP contribution in [0.1, 0.15) is 57.5 Å². The number of hydrogen-bond acceptors (Lipinski definition) is 4. The molecule has 0 bridgehead atoms. The second-order valence-corrected chi connectivity index (χ2v) is 12.4. The van der Waals surface area contributed by atoms with E-state index >= 15 is 0 Å². The Labute approximate surface area is 287 Å². The zero-order chi connectivity index (χ0) is 33.3. The van der Waals surface area contributed by atoms with E-state index in [-0.39, 0.29) is 23.6 Å². The molecule has 0 spiro atoms. The SMILES string of the molecule is Cc1cccc(C(=O)CCCNC(=O)Nc2ccc(Br)cc2)c1.Cc1cccc(C(=O)CCCNC(=O)Nc2ccc(Br)cc2)c1. The lowest BCUT2D eigenvalue weighted by atomic mass is 10.0. The number of aryl methyl sites for hydroxylation is 2. The van der Waals surface area contributed by atoms with Crippen molar-refractivity contribution < 1.29 is 19.2 Å². The van der Waals surface area contributed by atoms with Crippen LogP contribution in [0.5, 0.6) is 0 Å². The number of nitrogens with one attached hydrogen (secondary N) is 4. The Hall–Kier alpha value is -4.28. The number of benzene rings is 4. The number of ketones is 2. The third-order valence-electron chi connectivity index (χ3n) is 6.62. The molecule has 0 aromatic heterocycles. The Kier molecular flexibility index (Phi) is 15.2. The first-order chi connectivity index (χ1) is 22.1. The van der Waals surface area contributed by atoms with Gasteiger partial charge in [0.25, 0.3) is 0 Å². The molecule has 8 nitrogen and oxygen atoms in total. The zero-order valence-corrected chi connectivity index (χ0v) is 29.0. The highest BCUT2D eigenvalue weighted by Gasteiger charge is 2.08. The molecule has 0 saturated carbocycles. The number of halogens is 2. The van der Waals surface area contributed by atoms with E-state index in [1.54, 1.807) is 0 Å². The summed E-state index contributed by atoms with van der Waals surface area (Å²) in [4.78, 5) is 47.5. The number of carbonyl (C=O) groups is 4. The van der Waals surface area contributed by atoms with Crippen molar-refractivity contribution in [2.45, 2.75) is 39.5 Å². The number of urea groups is 2. The Morgan fingerprint density at radius 1 is 0.543 bits per heavy atom. The van der Waals surface area contributed by atoms with Crippen molar-refractivity contribution in [2.24, 2.45) is 0 Å². The van der Waals surface area contributed by atoms with E-state index in [9.17, 15) is 19.2 Å². The summed E-state index contributed by atoms with van der Waals surface area (Å²) in [5, 5.41) is 11.0. The van der Waals surface area contributed by atoms with E-state index in [1.165, 1.54) is 0 Å². The van der Waals surface area contributed by atoms with Crippen LogP contribution in [0.2, 0.25) is 0 Å². The second-order valence-electron chi connectivity index (χ2n) is 10.6. The molecule has 4 N–H and O–H groups in total. The molecule has 4 amide bonds. The van der Waals surface area contributed by atoms with Crippen molar-refractivity contribution in [1.29, 1.82) is 0 Å². The average molecular weight is 751 g/mol. The van der Waals surface area contributed by atoms with Crippen LogP contribution in [-0.4, -0.2) is 36.7 Å². The van der Waals surface area contributed by atoms with Gasteiger partial charge in [-0.2, -0.15) is 0 Å². The average Bonchev–Trinajstić information content (AvgIpc) is 3.04. The molecular formula is C36H38Br2N4O4. The smallest absolute Gasteiger partial charge is 0.319 e. The molecule has 10 heteroatoms. The summed E-state index contributed by atoms with van der Waals surface area (Å²) in [6.07, 6.45) is 2.06. The van der Waals surface area contributed by atoms with Crippen LogP contribution in [-0.2, 0) is 0 Å². The van der Waals surface area contributed by atoms with Gasteiger partial charge in [0.05, 0.1) is 0 Å². The summed E-state index contributed by atoms with van der Waals surface area (Å²) >= 11 is 6.68. The Balaban J connectivity index is 0.000000250. The molecular weight excluding hydrogens is 712 g/mol. The van der Waals surface area contributed by atoms with Crippen LogP contribution in [0.15, 0.2) is 106 Å². The highest BCUT2D eigenvalue weighted by atomic mass is 79.9. The summed E-state index contributed by atoms with van der Waals surface area (Å²) in [6.45, 7) is 4.84. The molecule has 0 aliphatic heterocycles. The van der Waals surface area contributed by atoms with Gasteiger partial charge in [0.15, 0.2) is 11.6 Å². The van der Waals surface area contributed by atoms with Gasteiger partial charge in [0, 0.05) is 57.4 Å². The Morgan fingerprint density at radius 2 is 0.913 bits per heavy atom. The van der Waals surface area contributed by atoms with E-state index in [2.05, 4.69) is 53.1 Å². The van der Waals surface area contributed by atoms with E-state index in [0.29, 0.717) is 38.8 Å². The zero-order valence-electron chi connectivity index (χ0n) is 25.9. The first kappa shape index (κ1) is 36.2. The van der Waals surface area contributed by atoms with Crippen molar-refractivity contribution in [3.63, 3.8) is 0 Å². The highest BCUT2D eigenvalue weighted by molar-refractivity contribution is 9.10. The number of anilines is 2. The predicted molar refractivity (Wildman–Crippen MR) is 192 cm³/mol. The third kappa shape index (κ3) is 13.8. The van der Waals surface area contributed by atoms with Crippen molar-refractivity contribution in [3.8, 4) is 0 Å². The largest absolute Gasteiger partial charge is 0.338 e. The lowest BCUT2D eigenvalue weighted by Gasteiger charge is -2.07. The van der Waals surface area contributed by atoms with E-state index < -0.39 is 0 Å². The summed E-state index contributed by atoms with van der Waals surface area (Å²) < 4.78 is 1.91. The lowest BCUT2D eigenvalue weighted by Crippen LogP contribution is -2.29. The molecule has 0 aliphatic rings. The third-order valence-corrected chi connectivity index (χ3v) is 7.67. The maximum absolute atomic E-state index is 12.0. The fourth-order valence-corrected chi connectivity index (χ4v) is 4.77. The maximum Gasteiger partial charge on any atom is 0.319 e. The van der Waals surface area contributed by atoms with Gasteiger partial charge in [0.1, 0.15) is 0 Å². The first-order valence-electron chi connectivity index (χ1n) is 14.9. The van der Waals surface area contributed by atoms with Gasteiger partial charge in [-0.15, -0.1) is 0 Å². The molecule has 0 saturated heterocycles. The number of carbonyl (C=O) groups excluding carboxylic acids is 4. The molecule has 4 rings (SSSR count). The second kappa shape index (κ2) is 19.3. The van der Waals surface area contributed by atoms with Crippen molar-refractivity contribution in [2.75, 3.05) is 23.7 Å². The van der Waals surface area contributed by atoms with Crippen LogP contribution in [0, 0.1) is 13.8 Å². The van der Waals surface area contributed by atoms with Crippen molar-refractivity contribution in [3.05, 3.63) is 128 Å². The Bertz CT molecular complexity index is 1490. The minimum Gasteiger partial charge on any atom is -0.338 e. The summed E-state index contributed by atoms with van der Waals surface area (Å²) in [6, 6.07) is 29.2. The van der Waals surface area contributed by atoms with E-state index in [1.807, 2.05) is 111 Å². The van der Waals surface area contributed by atoms with Gasteiger partial charge < -0.3 is 21.3 Å². The van der Waals surface area contributed by atoms with Crippen LogP contribution < -0.4 is 21.3 Å². The summed E-state index contributed by atoms with van der Waals surface area (Å²) in [5.74, 6) is 0.202. The van der Waals surface area contributed by atoms with Gasteiger partial charge in [0.2, 0.25) is 0 Å². The van der Waals surface area contributed by atoms with E-state index in [0.717, 1.165) is 42.6 Å². The highest BCUT2D eigenvalue weighted by Crippen LogP contribution is 2.15. The standard InChI is InChI=1S/2C18H19BrN2O2/c2*1-13-4-2-5-14(12-13)17(22)6-3-11-20-18(23)21-16-9-7-15(19)8-10-16/h2*2,4-5,7-10,12H,3,6,11H2,1H3,(H2,20,21,23). The van der Waals surface area contributed by atoms with Gasteiger partial charge in [-0.3, -0.25) is 9.59 Å². The molecule has 4 aromatic carbocycles. The molecule has 46 heavy (non-hydrogen) atoms. The molecule has 0 atom stereocenters. The molecule has 0 aliphatic carbocycles. The topological polar surface area (TPSA) is 116 Å². The van der Waals surface area contributed by atoms with Crippen LogP contribution >= 0.6 is 31.9 Å². The minimum absolute atomic E-state index is 0.101. The summed E-state index contributed by atoms with van der Waals surface area (Å²) in [7, 11) is 0. The fourth-order valence-electron chi connectivity index (χ4n) is 4.24. The number of amides is 4. The van der Waals surface area contributed by atoms with Gasteiger partial charge >= 0.3 is 12.1 Å². The van der Waals surface area contributed by atoms with Crippen LogP contribution in [0.25, 0.3) is 0 Å². The van der Waals surface area contributed by atoms with Gasteiger partial charge in [-0.1, -0.05) is 79.4 Å². The molecule has 4 aromatic rings. The molecule has 0 radical (unpaired) electrons. The van der Waals surface area contributed by atoms with E-state index in [4.69, 9.17) is 0 Å².